The van der Waals surface area contributed by atoms with Crippen molar-refractivity contribution in [3.05, 3.63) is 85.3 Å². The minimum atomic E-state index is 0. The fourth-order valence-corrected chi connectivity index (χ4v) is 4.63. The van der Waals surface area contributed by atoms with Crippen molar-refractivity contribution in [2.24, 2.45) is 15.0 Å². The van der Waals surface area contributed by atoms with E-state index in [4.69, 9.17) is 15.0 Å². The van der Waals surface area contributed by atoms with Crippen molar-refractivity contribution >= 4 is 28.5 Å². The van der Waals surface area contributed by atoms with Gasteiger partial charge in [-0.1, -0.05) is 97.9 Å². The van der Waals surface area contributed by atoms with E-state index in [0.29, 0.717) is 23.7 Å². The molecule has 38 heavy (non-hydrogen) atoms. The number of allylic oxidation sites excluding steroid dienone is 2. The second kappa shape index (κ2) is 15.3. The number of hydrogen-bond acceptors (Lipinski definition) is 3. The van der Waals surface area contributed by atoms with Crippen LogP contribution in [0.1, 0.15) is 122 Å². The number of aliphatic imine (C=N–C) groups is 3. The van der Waals surface area contributed by atoms with Crippen LogP contribution in [0.2, 0.25) is 0 Å². The summed E-state index contributed by atoms with van der Waals surface area (Å²) in [6, 6.07) is 13.1. The average molecular weight is 556 g/mol. The molecule has 0 fully saturated rings. The molecule has 0 bridgehead atoms. The third-order valence-corrected chi connectivity index (χ3v) is 6.78. The van der Waals surface area contributed by atoms with Gasteiger partial charge >= 0.3 is 17.1 Å². The van der Waals surface area contributed by atoms with Crippen LogP contribution >= 0.6 is 0 Å². The van der Waals surface area contributed by atoms with Crippen molar-refractivity contribution in [3.63, 3.8) is 0 Å². The fraction of sp³-hybridized carbons (Fsp3) is 0.441. The average Bonchev–Trinajstić information content (AvgIpc) is 3.29. The van der Waals surface area contributed by atoms with Crippen molar-refractivity contribution in [3.8, 4) is 0 Å². The first kappa shape index (κ1) is 35.7. The summed E-state index contributed by atoms with van der Waals surface area (Å²) < 4.78 is 0. The number of para-hydroxylation sites is 2. The van der Waals surface area contributed by atoms with E-state index in [2.05, 4.69) is 112 Å². The molecule has 0 saturated heterocycles. The van der Waals surface area contributed by atoms with Crippen LogP contribution in [-0.4, -0.2) is 17.1 Å². The van der Waals surface area contributed by atoms with E-state index in [1.54, 1.807) is 0 Å². The van der Waals surface area contributed by atoms with E-state index in [0.717, 1.165) is 40.6 Å². The summed E-state index contributed by atoms with van der Waals surface area (Å²) in [5.74, 6) is 1.68. The van der Waals surface area contributed by atoms with E-state index in [-0.39, 0.29) is 31.9 Å². The minimum Gasteiger partial charge on any atom is -0.358 e. The topological polar surface area (TPSA) is 37.1 Å². The van der Waals surface area contributed by atoms with Crippen LogP contribution in [0, 0.1) is 14.9 Å². The monoisotopic (exact) mass is 555 g/mol. The van der Waals surface area contributed by atoms with Crippen molar-refractivity contribution in [2.75, 3.05) is 0 Å². The first-order valence-corrected chi connectivity index (χ1v) is 13.2. The first-order chi connectivity index (χ1) is 16.5. The van der Waals surface area contributed by atoms with Gasteiger partial charge in [0.2, 0.25) is 0 Å². The molecule has 0 unspecified atom stereocenters. The Hall–Kier alpha value is -2.29. The van der Waals surface area contributed by atoms with Gasteiger partial charge in [-0.25, -0.2) is 4.99 Å². The molecule has 0 saturated carbocycles. The van der Waals surface area contributed by atoms with Gasteiger partial charge < -0.3 is 14.9 Å². The van der Waals surface area contributed by atoms with Crippen LogP contribution in [0.3, 0.4) is 0 Å². The molecule has 0 atom stereocenters. The Morgan fingerprint density at radius 3 is 1.32 bits per heavy atom. The van der Waals surface area contributed by atoms with Gasteiger partial charge in [0.15, 0.2) is 0 Å². The third kappa shape index (κ3) is 8.10. The molecule has 0 spiro atoms. The Bertz CT molecular complexity index is 1140. The van der Waals surface area contributed by atoms with Crippen LogP contribution in [0.4, 0.5) is 11.4 Å². The zero-order chi connectivity index (χ0) is 25.9. The number of rotatable bonds is 8. The first-order valence-electron chi connectivity index (χ1n) is 13.2. The van der Waals surface area contributed by atoms with Crippen LogP contribution in [-0.2, 0) is 17.1 Å². The summed E-state index contributed by atoms with van der Waals surface area (Å²) in [5.41, 5.74) is 11.4. The van der Waals surface area contributed by atoms with Gasteiger partial charge in [-0.3, -0.25) is 9.98 Å². The van der Waals surface area contributed by atoms with Gasteiger partial charge in [0.05, 0.1) is 34.2 Å². The molecule has 0 radical (unpaired) electrons. The molecule has 3 nitrogen and oxygen atoms in total. The SMILES string of the molecule is CC(=Nc1c(C(C)C)cccc1C(C)C)C1=CCC(C(C)=Nc2c(C(C)C)cccc2C(C)C)=N1.[CH3-].[CH3-].[Fe+2]. The summed E-state index contributed by atoms with van der Waals surface area (Å²) in [4.78, 5) is 15.3. The summed E-state index contributed by atoms with van der Waals surface area (Å²) in [5, 5.41) is 0. The summed E-state index contributed by atoms with van der Waals surface area (Å²) in [6.07, 6.45) is 2.99. The van der Waals surface area contributed by atoms with E-state index in [1.165, 1.54) is 22.3 Å². The predicted molar refractivity (Wildman–Crippen MR) is 168 cm³/mol. The van der Waals surface area contributed by atoms with Crippen LogP contribution < -0.4 is 0 Å². The number of hydrogen-bond donors (Lipinski definition) is 0. The summed E-state index contributed by atoms with van der Waals surface area (Å²) in [7, 11) is 0. The second-order valence-electron chi connectivity index (χ2n) is 10.9. The molecule has 0 aliphatic carbocycles. The number of nitrogens with zero attached hydrogens (tertiary/aromatic N) is 3. The molecule has 4 heteroatoms. The quantitative estimate of drug-likeness (QED) is 0.177. The predicted octanol–water partition coefficient (Wildman–Crippen LogP) is 10.7. The van der Waals surface area contributed by atoms with E-state index < -0.39 is 0 Å². The van der Waals surface area contributed by atoms with Crippen molar-refractivity contribution < 1.29 is 17.1 Å². The van der Waals surface area contributed by atoms with Crippen LogP contribution in [0.15, 0.2) is 63.1 Å². The Kier molecular flexibility index (Phi) is 14.4. The van der Waals surface area contributed by atoms with Gasteiger partial charge in [0.1, 0.15) is 0 Å². The van der Waals surface area contributed by atoms with Gasteiger partial charge in [0.25, 0.3) is 0 Å². The number of benzene rings is 2. The zero-order valence-electron chi connectivity index (χ0n) is 25.8. The minimum absolute atomic E-state index is 0. The van der Waals surface area contributed by atoms with Crippen molar-refractivity contribution in [2.45, 2.75) is 99.3 Å². The van der Waals surface area contributed by atoms with E-state index >= 15 is 0 Å². The van der Waals surface area contributed by atoms with Gasteiger partial charge in [-0.2, -0.15) is 0 Å². The second-order valence-corrected chi connectivity index (χ2v) is 10.9. The molecule has 1 aliphatic rings. The van der Waals surface area contributed by atoms with Gasteiger partial charge in [-0.05, 0) is 59.8 Å². The molecular weight excluding hydrogens is 506 g/mol. The third-order valence-electron chi connectivity index (χ3n) is 6.78. The van der Waals surface area contributed by atoms with Gasteiger partial charge in [0, 0.05) is 6.42 Å². The van der Waals surface area contributed by atoms with E-state index in [1.807, 2.05) is 0 Å². The Labute approximate surface area is 244 Å². The molecular formula is C34H49FeN3. The normalized spacial score (nSPS) is 13.8. The van der Waals surface area contributed by atoms with Gasteiger partial charge in [-0.15, -0.1) is 0 Å². The van der Waals surface area contributed by atoms with Crippen LogP contribution in [0.25, 0.3) is 0 Å². The van der Waals surface area contributed by atoms with E-state index in [9.17, 15) is 0 Å². The molecule has 208 valence electrons. The Morgan fingerprint density at radius 1 is 0.632 bits per heavy atom. The molecule has 2 aromatic rings. The molecule has 2 aromatic carbocycles. The van der Waals surface area contributed by atoms with Crippen LogP contribution in [0.5, 0.6) is 0 Å². The molecule has 0 aromatic heterocycles. The zero-order valence-corrected chi connectivity index (χ0v) is 26.9. The molecule has 3 rings (SSSR count). The van der Waals surface area contributed by atoms with Crippen molar-refractivity contribution in [1.29, 1.82) is 0 Å². The maximum atomic E-state index is 5.15. The summed E-state index contributed by atoms with van der Waals surface area (Å²) >= 11 is 0. The maximum Gasteiger partial charge on any atom is 2.00 e. The van der Waals surface area contributed by atoms with Crippen molar-refractivity contribution in [1.82, 2.24) is 0 Å². The fourth-order valence-electron chi connectivity index (χ4n) is 4.63. The largest absolute Gasteiger partial charge is 2.00 e. The Morgan fingerprint density at radius 2 is 0.974 bits per heavy atom. The maximum absolute atomic E-state index is 5.15. The molecule has 1 heterocycles. The summed E-state index contributed by atoms with van der Waals surface area (Å²) in [6.45, 7) is 22.1. The molecule has 1 aliphatic heterocycles. The standard InChI is InChI=1S/C32H43N3.2CH3.Fe/c1-19(2)25-13-11-14-26(20(3)4)31(25)33-23(9)29-17-18-30(35-29)24(10)34-32-27(21(5)6)15-12-16-28(32)22(7)8;;;/h11-17,19-22H,18H2,1-10H3;2*1H3;/q;2*-1;+2. The Balaban J connectivity index is 0.00000456. The molecule has 0 N–H and O–H groups in total. The molecule has 0 amide bonds. The smallest absolute Gasteiger partial charge is 0.358 e.